The molecular formula is C12H20O4. The van der Waals surface area contributed by atoms with Crippen LogP contribution in [0.2, 0.25) is 0 Å². The topological polar surface area (TPSA) is 52.6 Å². The van der Waals surface area contributed by atoms with Gasteiger partial charge in [0.2, 0.25) is 0 Å². The van der Waals surface area contributed by atoms with Gasteiger partial charge in [-0.05, 0) is 12.3 Å². The second kappa shape index (κ2) is 8.95. The molecule has 0 radical (unpaired) electrons. The van der Waals surface area contributed by atoms with Crippen LogP contribution >= 0.6 is 0 Å². The summed E-state index contributed by atoms with van der Waals surface area (Å²) < 4.78 is 9.67. The van der Waals surface area contributed by atoms with Gasteiger partial charge in [0.15, 0.2) is 0 Å². The van der Waals surface area contributed by atoms with Crippen LogP contribution in [0.4, 0.5) is 0 Å². The van der Waals surface area contributed by atoms with E-state index in [-0.39, 0.29) is 0 Å². The molecule has 0 aliphatic rings. The van der Waals surface area contributed by atoms with Gasteiger partial charge in [0.25, 0.3) is 0 Å². The molecule has 0 aliphatic heterocycles. The van der Waals surface area contributed by atoms with E-state index in [0.29, 0.717) is 19.1 Å². The van der Waals surface area contributed by atoms with E-state index in [4.69, 9.17) is 9.47 Å². The predicted molar refractivity (Wildman–Crippen MR) is 60.8 cm³/mol. The highest BCUT2D eigenvalue weighted by atomic mass is 16.5. The predicted octanol–water partition coefficient (Wildman–Crippen LogP) is 2.09. The van der Waals surface area contributed by atoms with Crippen LogP contribution in [0, 0.1) is 5.92 Å². The van der Waals surface area contributed by atoms with Gasteiger partial charge in [-0.2, -0.15) is 0 Å². The van der Waals surface area contributed by atoms with Gasteiger partial charge in [-0.1, -0.05) is 27.2 Å². The molecular weight excluding hydrogens is 208 g/mol. The molecule has 0 aliphatic carbocycles. The van der Waals surface area contributed by atoms with Crippen molar-refractivity contribution in [1.29, 1.82) is 0 Å². The monoisotopic (exact) mass is 228 g/mol. The zero-order valence-corrected chi connectivity index (χ0v) is 10.2. The fraction of sp³-hybridized carbons (Fsp3) is 0.667. The zero-order valence-electron chi connectivity index (χ0n) is 10.2. The molecule has 0 saturated carbocycles. The summed E-state index contributed by atoms with van der Waals surface area (Å²) in [7, 11) is 0. The van der Waals surface area contributed by atoms with Gasteiger partial charge < -0.3 is 9.47 Å². The maximum Gasteiger partial charge on any atom is 0.331 e. The molecule has 0 bridgehead atoms. The van der Waals surface area contributed by atoms with Gasteiger partial charge in [0.1, 0.15) is 0 Å². The minimum atomic E-state index is -0.512. The minimum absolute atomic E-state index is 0.337. The lowest BCUT2D eigenvalue weighted by Crippen LogP contribution is -2.10. The highest BCUT2D eigenvalue weighted by Crippen LogP contribution is 2.00. The number of esters is 2. The Morgan fingerprint density at radius 2 is 1.69 bits per heavy atom. The molecule has 0 amide bonds. The van der Waals surface area contributed by atoms with E-state index < -0.39 is 11.9 Å². The summed E-state index contributed by atoms with van der Waals surface area (Å²) in [6.07, 6.45) is 3.91. The Bertz CT molecular complexity index is 245. The van der Waals surface area contributed by atoms with Crippen LogP contribution < -0.4 is 0 Å². The van der Waals surface area contributed by atoms with E-state index in [2.05, 4.69) is 0 Å². The van der Waals surface area contributed by atoms with Crippen LogP contribution in [0.5, 0.6) is 0 Å². The van der Waals surface area contributed by atoms with Gasteiger partial charge in [-0.3, -0.25) is 0 Å². The van der Waals surface area contributed by atoms with Crippen LogP contribution in [0.15, 0.2) is 12.2 Å². The van der Waals surface area contributed by atoms with Gasteiger partial charge in [0, 0.05) is 12.2 Å². The molecule has 92 valence electrons. The standard InChI is InChI=1S/C12H20O4/c1-4-8-15-11(13)6-7-12(14)16-9-10(3)5-2/h6-7,10H,4-5,8-9H2,1-3H3/b7-6-. The van der Waals surface area contributed by atoms with Crippen molar-refractivity contribution >= 4 is 11.9 Å². The molecule has 0 aromatic heterocycles. The van der Waals surface area contributed by atoms with Crippen LogP contribution in [-0.4, -0.2) is 25.2 Å². The van der Waals surface area contributed by atoms with E-state index >= 15 is 0 Å². The van der Waals surface area contributed by atoms with Crippen molar-refractivity contribution in [3.05, 3.63) is 12.2 Å². The van der Waals surface area contributed by atoms with E-state index in [1.807, 2.05) is 20.8 Å². The molecule has 0 spiro atoms. The fourth-order valence-electron chi connectivity index (χ4n) is 0.777. The minimum Gasteiger partial charge on any atom is -0.463 e. The second-order valence-corrected chi connectivity index (χ2v) is 3.64. The summed E-state index contributed by atoms with van der Waals surface area (Å²) in [5.74, 6) is -0.680. The third-order valence-corrected chi connectivity index (χ3v) is 2.01. The first-order valence-electron chi connectivity index (χ1n) is 5.61. The summed E-state index contributed by atoms with van der Waals surface area (Å²) >= 11 is 0. The Labute approximate surface area is 96.6 Å². The number of carbonyl (C=O) groups excluding carboxylic acids is 2. The first-order chi connectivity index (χ1) is 7.60. The maximum absolute atomic E-state index is 11.1. The first-order valence-corrected chi connectivity index (χ1v) is 5.61. The molecule has 1 unspecified atom stereocenters. The molecule has 0 saturated heterocycles. The Kier molecular flexibility index (Phi) is 8.21. The van der Waals surface area contributed by atoms with Crippen molar-refractivity contribution in [3.63, 3.8) is 0 Å². The summed E-state index contributed by atoms with van der Waals surface area (Å²) in [4.78, 5) is 22.1. The Balaban J connectivity index is 3.77. The zero-order chi connectivity index (χ0) is 12.4. The molecule has 0 aromatic rings. The Hall–Kier alpha value is -1.32. The van der Waals surface area contributed by atoms with E-state index in [9.17, 15) is 9.59 Å². The first kappa shape index (κ1) is 14.7. The van der Waals surface area contributed by atoms with E-state index in [0.717, 1.165) is 25.0 Å². The van der Waals surface area contributed by atoms with Crippen molar-refractivity contribution in [2.75, 3.05) is 13.2 Å². The van der Waals surface area contributed by atoms with Crippen molar-refractivity contribution in [1.82, 2.24) is 0 Å². The lowest BCUT2D eigenvalue weighted by molar-refractivity contribution is -0.141. The summed E-state index contributed by atoms with van der Waals surface area (Å²) in [5.41, 5.74) is 0. The summed E-state index contributed by atoms with van der Waals surface area (Å²) in [5, 5.41) is 0. The van der Waals surface area contributed by atoms with Crippen molar-refractivity contribution in [2.24, 2.45) is 5.92 Å². The summed E-state index contributed by atoms with van der Waals surface area (Å²) in [6.45, 7) is 6.66. The molecule has 0 heterocycles. The fourth-order valence-corrected chi connectivity index (χ4v) is 0.777. The van der Waals surface area contributed by atoms with E-state index in [1.54, 1.807) is 0 Å². The average Bonchev–Trinajstić information content (AvgIpc) is 2.30. The van der Waals surface area contributed by atoms with Crippen LogP contribution in [0.3, 0.4) is 0 Å². The molecule has 0 aromatic carbocycles. The smallest absolute Gasteiger partial charge is 0.331 e. The molecule has 0 fully saturated rings. The molecule has 4 nitrogen and oxygen atoms in total. The third kappa shape index (κ3) is 8.03. The number of ether oxygens (including phenoxy) is 2. The van der Waals surface area contributed by atoms with E-state index in [1.165, 1.54) is 0 Å². The Morgan fingerprint density at radius 3 is 2.19 bits per heavy atom. The number of carbonyl (C=O) groups is 2. The normalized spacial score (nSPS) is 12.4. The highest BCUT2D eigenvalue weighted by Gasteiger charge is 2.03. The molecule has 4 heteroatoms. The van der Waals surface area contributed by atoms with Crippen LogP contribution in [-0.2, 0) is 19.1 Å². The average molecular weight is 228 g/mol. The van der Waals surface area contributed by atoms with Gasteiger partial charge in [0.05, 0.1) is 13.2 Å². The molecule has 0 N–H and O–H groups in total. The van der Waals surface area contributed by atoms with Gasteiger partial charge in [-0.25, -0.2) is 9.59 Å². The lowest BCUT2D eigenvalue weighted by atomic mass is 10.1. The lowest BCUT2D eigenvalue weighted by Gasteiger charge is -2.07. The quantitative estimate of drug-likeness (QED) is 0.494. The van der Waals surface area contributed by atoms with Crippen molar-refractivity contribution in [3.8, 4) is 0 Å². The Morgan fingerprint density at radius 1 is 1.12 bits per heavy atom. The molecule has 1 atom stereocenters. The van der Waals surface area contributed by atoms with Gasteiger partial charge in [-0.15, -0.1) is 0 Å². The third-order valence-electron chi connectivity index (χ3n) is 2.01. The van der Waals surface area contributed by atoms with Crippen LogP contribution in [0.25, 0.3) is 0 Å². The SMILES string of the molecule is CCCOC(=O)/C=C\C(=O)OCC(C)CC. The number of hydrogen-bond acceptors (Lipinski definition) is 4. The number of rotatable bonds is 7. The van der Waals surface area contributed by atoms with Crippen molar-refractivity contribution < 1.29 is 19.1 Å². The highest BCUT2D eigenvalue weighted by molar-refractivity contribution is 5.91. The van der Waals surface area contributed by atoms with Crippen LogP contribution in [0.1, 0.15) is 33.6 Å². The number of hydrogen-bond donors (Lipinski definition) is 0. The van der Waals surface area contributed by atoms with Crippen molar-refractivity contribution in [2.45, 2.75) is 33.6 Å². The largest absolute Gasteiger partial charge is 0.463 e. The second-order valence-electron chi connectivity index (χ2n) is 3.64. The molecule has 0 rings (SSSR count). The summed E-state index contributed by atoms with van der Waals surface area (Å²) in [6, 6.07) is 0. The molecule has 16 heavy (non-hydrogen) atoms. The maximum atomic E-state index is 11.1. The van der Waals surface area contributed by atoms with Gasteiger partial charge >= 0.3 is 11.9 Å².